The van der Waals surface area contributed by atoms with E-state index in [1.165, 1.54) is 6.42 Å². The fraction of sp³-hybridized carbons (Fsp3) is 0.800. The van der Waals surface area contributed by atoms with Crippen molar-refractivity contribution in [2.45, 2.75) is 46.1 Å². The van der Waals surface area contributed by atoms with Gasteiger partial charge < -0.3 is 9.84 Å². The highest BCUT2D eigenvalue weighted by Gasteiger charge is 2.49. The first-order valence-corrected chi connectivity index (χ1v) is 6.97. The number of carbonyl (C=O) groups excluding carboxylic acids is 1. The highest BCUT2D eigenvalue weighted by Crippen LogP contribution is 2.54. The van der Waals surface area contributed by atoms with Crippen molar-refractivity contribution < 1.29 is 14.6 Å². The quantitative estimate of drug-likeness (QED) is 0.671. The van der Waals surface area contributed by atoms with Gasteiger partial charge in [0.1, 0.15) is 6.61 Å². The van der Waals surface area contributed by atoms with Crippen LogP contribution in [0.4, 0.5) is 0 Å². The third kappa shape index (κ3) is 1.71. The summed E-state index contributed by atoms with van der Waals surface area (Å²) in [7, 11) is 0. The van der Waals surface area contributed by atoms with Crippen molar-refractivity contribution >= 4 is 5.97 Å². The summed E-state index contributed by atoms with van der Waals surface area (Å²) in [6, 6.07) is 0. The molecule has 1 heterocycles. The average Bonchev–Trinajstić information content (AvgIpc) is 2.75. The molecule has 0 radical (unpaired) electrons. The smallest absolute Gasteiger partial charge is 0.337 e. The number of hydrogen-bond donors (Lipinski definition) is 1. The number of carbonyl (C=O) groups is 1. The number of esters is 1. The van der Waals surface area contributed by atoms with Crippen LogP contribution in [0.3, 0.4) is 0 Å². The topological polar surface area (TPSA) is 46.5 Å². The number of rotatable bonds is 0. The van der Waals surface area contributed by atoms with Gasteiger partial charge in [0.15, 0.2) is 0 Å². The zero-order valence-corrected chi connectivity index (χ0v) is 11.4. The van der Waals surface area contributed by atoms with Gasteiger partial charge in [-0.1, -0.05) is 20.8 Å². The molecular weight excluding hydrogens is 228 g/mol. The molecule has 2 aliphatic carbocycles. The lowest BCUT2D eigenvalue weighted by Crippen LogP contribution is -2.21. The van der Waals surface area contributed by atoms with Crippen LogP contribution < -0.4 is 0 Å². The number of hydrogen-bond acceptors (Lipinski definition) is 3. The fourth-order valence-electron chi connectivity index (χ4n) is 4.32. The number of aliphatic hydroxyl groups excluding tert-OH is 1. The van der Waals surface area contributed by atoms with Crippen LogP contribution in [0.5, 0.6) is 0 Å². The monoisotopic (exact) mass is 250 g/mol. The Bertz CT molecular complexity index is 421. The first-order valence-electron chi connectivity index (χ1n) is 6.97. The zero-order valence-electron chi connectivity index (χ0n) is 11.4. The maximum Gasteiger partial charge on any atom is 0.337 e. The molecule has 3 heteroatoms. The number of fused-ring (bicyclic) bond motifs is 2. The molecule has 4 atom stereocenters. The van der Waals surface area contributed by atoms with Gasteiger partial charge >= 0.3 is 5.97 Å². The Morgan fingerprint density at radius 3 is 2.78 bits per heavy atom. The number of ether oxygens (including phenoxy) is 1. The van der Waals surface area contributed by atoms with Gasteiger partial charge in [-0.25, -0.2) is 4.79 Å². The van der Waals surface area contributed by atoms with E-state index in [4.69, 9.17) is 4.74 Å². The normalized spacial score (nSPS) is 42.3. The van der Waals surface area contributed by atoms with Crippen molar-refractivity contribution in [2.75, 3.05) is 6.61 Å². The van der Waals surface area contributed by atoms with Crippen LogP contribution in [0.1, 0.15) is 40.0 Å². The van der Waals surface area contributed by atoms with Gasteiger partial charge in [0.2, 0.25) is 0 Å². The largest absolute Gasteiger partial charge is 0.458 e. The van der Waals surface area contributed by atoms with Crippen LogP contribution in [0.15, 0.2) is 11.1 Å². The third-order valence-corrected chi connectivity index (χ3v) is 5.11. The molecule has 4 unspecified atom stereocenters. The number of aliphatic hydroxyl groups is 1. The minimum atomic E-state index is -0.612. The van der Waals surface area contributed by atoms with E-state index >= 15 is 0 Å². The third-order valence-electron chi connectivity index (χ3n) is 5.11. The second-order valence-corrected chi connectivity index (χ2v) is 7.09. The van der Waals surface area contributed by atoms with Crippen molar-refractivity contribution in [2.24, 2.45) is 23.2 Å². The zero-order chi connectivity index (χ0) is 13.1. The maximum absolute atomic E-state index is 11.8. The molecule has 100 valence electrons. The van der Waals surface area contributed by atoms with Gasteiger partial charge in [-0.15, -0.1) is 0 Å². The van der Waals surface area contributed by atoms with Crippen molar-refractivity contribution in [3.8, 4) is 0 Å². The molecule has 1 N–H and O–H groups in total. The van der Waals surface area contributed by atoms with Gasteiger partial charge in [0, 0.05) is 0 Å². The van der Waals surface area contributed by atoms with E-state index < -0.39 is 6.10 Å². The Hall–Kier alpha value is -0.830. The van der Waals surface area contributed by atoms with Crippen molar-refractivity contribution in [3.63, 3.8) is 0 Å². The molecule has 0 aromatic rings. The minimum Gasteiger partial charge on any atom is -0.458 e. The molecule has 3 nitrogen and oxygen atoms in total. The molecule has 0 bridgehead atoms. The highest BCUT2D eigenvalue weighted by molar-refractivity contribution is 5.93. The Labute approximate surface area is 108 Å². The molecule has 1 aliphatic heterocycles. The molecule has 3 rings (SSSR count). The van der Waals surface area contributed by atoms with Crippen molar-refractivity contribution in [1.82, 2.24) is 0 Å². The molecule has 1 fully saturated rings. The second-order valence-electron chi connectivity index (χ2n) is 7.09. The minimum absolute atomic E-state index is 0.282. The van der Waals surface area contributed by atoms with Crippen LogP contribution >= 0.6 is 0 Å². The molecule has 0 amide bonds. The van der Waals surface area contributed by atoms with Crippen LogP contribution in [-0.2, 0) is 9.53 Å². The first kappa shape index (κ1) is 12.2. The Morgan fingerprint density at radius 2 is 2.06 bits per heavy atom. The average molecular weight is 250 g/mol. The molecule has 1 saturated carbocycles. The van der Waals surface area contributed by atoms with Gasteiger partial charge in [0.25, 0.3) is 0 Å². The first-order chi connectivity index (χ1) is 8.39. The molecule has 0 spiro atoms. The summed E-state index contributed by atoms with van der Waals surface area (Å²) in [4.78, 5) is 11.8. The molecular formula is C15H22O3. The van der Waals surface area contributed by atoms with Gasteiger partial charge in [-0.2, -0.15) is 0 Å². The van der Waals surface area contributed by atoms with Crippen LogP contribution in [0.2, 0.25) is 0 Å². The highest BCUT2D eigenvalue weighted by atomic mass is 16.5. The summed E-state index contributed by atoms with van der Waals surface area (Å²) in [6.07, 6.45) is 2.39. The van der Waals surface area contributed by atoms with Crippen molar-refractivity contribution in [1.29, 1.82) is 0 Å². The molecule has 18 heavy (non-hydrogen) atoms. The Balaban J connectivity index is 2.03. The Morgan fingerprint density at radius 1 is 1.33 bits per heavy atom. The van der Waals surface area contributed by atoms with Crippen LogP contribution in [-0.4, -0.2) is 23.8 Å². The summed E-state index contributed by atoms with van der Waals surface area (Å²) in [5.74, 6) is 1.23. The standard InChI is InChI=1S/C15H22O3/c1-8-4-12(16)13-11(7-18-14(13)17)10-6-15(2,3)5-9(8)10/h8-10,12,16H,4-7H2,1-3H3. The van der Waals surface area contributed by atoms with Gasteiger partial charge in [0.05, 0.1) is 11.7 Å². The lowest BCUT2D eigenvalue weighted by molar-refractivity contribution is -0.137. The predicted molar refractivity (Wildman–Crippen MR) is 67.8 cm³/mol. The van der Waals surface area contributed by atoms with E-state index in [-0.39, 0.29) is 5.97 Å². The summed E-state index contributed by atoms with van der Waals surface area (Å²) in [5.41, 5.74) is 2.04. The van der Waals surface area contributed by atoms with E-state index in [2.05, 4.69) is 20.8 Å². The van der Waals surface area contributed by atoms with E-state index in [0.29, 0.717) is 41.8 Å². The predicted octanol–water partition coefficient (Wildman–Crippen LogP) is 2.29. The van der Waals surface area contributed by atoms with Crippen molar-refractivity contribution in [3.05, 3.63) is 11.1 Å². The molecule has 3 aliphatic rings. The summed E-state index contributed by atoms with van der Waals surface area (Å²) in [5, 5.41) is 10.2. The SMILES string of the molecule is CC1CC(O)C2=C(COC2=O)C2CC(C)(C)CC12. The molecule has 0 saturated heterocycles. The van der Waals surface area contributed by atoms with E-state index in [1.54, 1.807) is 0 Å². The van der Waals surface area contributed by atoms with E-state index in [0.717, 1.165) is 12.0 Å². The molecule has 0 aromatic heterocycles. The summed E-state index contributed by atoms with van der Waals surface area (Å²) < 4.78 is 5.16. The maximum atomic E-state index is 11.8. The lowest BCUT2D eigenvalue weighted by atomic mass is 9.81. The van der Waals surface area contributed by atoms with Crippen LogP contribution in [0, 0.1) is 23.2 Å². The number of cyclic esters (lactones) is 1. The van der Waals surface area contributed by atoms with Gasteiger partial charge in [-0.3, -0.25) is 0 Å². The summed E-state index contributed by atoms with van der Waals surface area (Å²) in [6.45, 7) is 7.25. The van der Waals surface area contributed by atoms with Gasteiger partial charge in [-0.05, 0) is 48.0 Å². The van der Waals surface area contributed by atoms with E-state index in [1.807, 2.05) is 0 Å². The molecule has 0 aromatic carbocycles. The lowest BCUT2D eigenvalue weighted by Gasteiger charge is -2.24. The van der Waals surface area contributed by atoms with Crippen LogP contribution in [0.25, 0.3) is 0 Å². The Kier molecular flexibility index (Phi) is 2.60. The second kappa shape index (κ2) is 3.83. The van der Waals surface area contributed by atoms with E-state index in [9.17, 15) is 9.90 Å². The fourth-order valence-corrected chi connectivity index (χ4v) is 4.32. The summed E-state index contributed by atoms with van der Waals surface area (Å²) >= 11 is 0.